The van der Waals surface area contributed by atoms with E-state index in [2.05, 4.69) is 11.9 Å². The van der Waals surface area contributed by atoms with E-state index in [1.807, 2.05) is 0 Å². The van der Waals surface area contributed by atoms with Crippen molar-refractivity contribution in [3.05, 3.63) is 71.8 Å². The smallest absolute Gasteiger partial charge is 0.264 e. The van der Waals surface area contributed by atoms with Gasteiger partial charge in [0.15, 0.2) is 0 Å². The van der Waals surface area contributed by atoms with E-state index >= 15 is 0 Å². The summed E-state index contributed by atoms with van der Waals surface area (Å²) in [5.41, 5.74) is 0.632. The van der Waals surface area contributed by atoms with Gasteiger partial charge in [-0.25, -0.2) is 8.42 Å². The van der Waals surface area contributed by atoms with Crippen LogP contribution in [0.3, 0.4) is 0 Å². The number of benzene rings is 2. The third-order valence-electron chi connectivity index (χ3n) is 5.27. The molecule has 0 saturated carbocycles. The van der Waals surface area contributed by atoms with Gasteiger partial charge in [0.1, 0.15) is 0 Å². The van der Waals surface area contributed by atoms with Gasteiger partial charge in [-0.2, -0.15) is 0 Å². The van der Waals surface area contributed by atoms with E-state index in [-0.39, 0.29) is 29.3 Å². The fourth-order valence-electron chi connectivity index (χ4n) is 3.71. The van der Waals surface area contributed by atoms with Crippen LogP contribution in [-0.4, -0.2) is 50.8 Å². The minimum atomic E-state index is -3.99. The van der Waals surface area contributed by atoms with Gasteiger partial charge in [-0.05, 0) is 43.2 Å². The standard InChI is InChI=1S/C23H26ClN3O4S/c1-3-13-27(22-10-5-4-9-21(22)24)32(30,31)20-8-6-7-18(16-20)23(29)26-14-11-19(12-15-26)25-17(2)28/h3-10,16,19H,1,11-15H2,2H3,(H,25,28). The van der Waals surface area contributed by atoms with Crippen molar-refractivity contribution in [2.45, 2.75) is 30.7 Å². The average molecular weight is 476 g/mol. The molecule has 1 aliphatic heterocycles. The van der Waals surface area contributed by atoms with Crippen molar-refractivity contribution >= 4 is 39.1 Å². The number of nitrogens with one attached hydrogen (secondary N) is 1. The second-order valence-electron chi connectivity index (χ2n) is 7.57. The molecule has 2 aromatic carbocycles. The van der Waals surface area contributed by atoms with Crippen molar-refractivity contribution in [1.29, 1.82) is 0 Å². The molecule has 0 bridgehead atoms. The Balaban J connectivity index is 1.84. The summed E-state index contributed by atoms with van der Waals surface area (Å²) in [5, 5.41) is 3.17. The van der Waals surface area contributed by atoms with Gasteiger partial charge in [0.2, 0.25) is 5.91 Å². The topological polar surface area (TPSA) is 86.8 Å². The lowest BCUT2D eigenvalue weighted by atomic mass is 10.0. The third kappa shape index (κ3) is 5.31. The summed E-state index contributed by atoms with van der Waals surface area (Å²) in [5.74, 6) is -0.327. The molecular weight excluding hydrogens is 450 g/mol. The Labute approximate surface area is 193 Å². The van der Waals surface area contributed by atoms with E-state index in [0.29, 0.717) is 42.2 Å². The molecule has 0 spiro atoms. The number of rotatable bonds is 7. The number of piperidine rings is 1. The highest BCUT2D eigenvalue weighted by Gasteiger charge is 2.28. The van der Waals surface area contributed by atoms with Crippen LogP contribution in [0, 0.1) is 0 Å². The molecule has 1 N–H and O–H groups in total. The van der Waals surface area contributed by atoms with Crippen LogP contribution in [0.2, 0.25) is 5.02 Å². The highest BCUT2D eigenvalue weighted by Crippen LogP contribution is 2.30. The molecule has 7 nitrogen and oxygen atoms in total. The molecule has 0 radical (unpaired) electrons. The lowest BCUT2D eigenvalue weighted by Crippen LogP contribution is -2.46. The van der Waals surface area contributed by atoms with E-state index in [0.717, 1.165) is 0 Å². The number of amides is 2. The SMILES string of the molecule is C=CCN(c1ccccc1Cl)S(=O)(=O)c1cccc(C(=O)N2CCC(NC(C)=O)CC2)c1. The van der Waals surface area contributed by atoms with Gasteiger partial charge >= 0.3 is 0 Å². The van der Waals surface area contributed by atoms with E-state index < -0.39 is 10.0 Å². The predicted octanol–water partition coefficient (Wildman–Crippen LogP) is 3.46. The first kappa shape index (κ1) is 23.8. The Bertz CT molecular complexity index is 1110. The van der Waals surface area contributed by atoms with Crippen LogP contribution in [0.15, 0.2) is 66.1 Å². The minimum Gasteiger partial charge on any atom is -0.353 e. The third-order valence-corrected chi connectivity index (χ3v) is 7.37. The Hall–Kier alpha value is -2.84. The van der Waals surface area contributed by atoms with Gasteiger partial charge in [0.05, 0.1) is 22.2 Å². The van der Waals surface area contributed by atoms with E-state index in [9.17, 15) is 18.0 Å². The predicted molar refractivity (Wildman–Crippen MR) is 125 cm³/mol. The number of carbonyl (C=O) groups excluding carboxylic acids is 2. The maximum atomic E-state index is 13.4. The van der Waals surface area contributed by atoms with Crippen molar-refractivity contribution in [2.75, 3.05) is 23.9 Å². The number of nitrogens with zero attached hydrogens (tertiary/aromatic N) is 2. The molecule has 3 rings (SSSR count). The number of hydrogen-bond donors (Lipinski definition) is 1. The molecular formula is C23H26ClN3O4S. The van der Waals surface area contributed by atoms with Crippen LogP contribution in [0.1, 0.15) is 30.1 Å². The molecule has 32 heavy (non-hydrogen) atoms. The second kappa shape index (κ2) is 10.2. The van der Waals surface area contributed by atoms with E-state index in [1.165, 1.54) is 29.4 Å². The zero-order valence-corrected chi connectivity index (χ0v) is 19.4. The van der Waals surface area contributed by atoms with Crippen molar-refractivity contribution in [1.82, 2.24) is 10.2 Å². The molecule has 0 atom stereocenters. The van der Waals surface area contributed by atoms with Gasteiger partial charge < -0.3 is 10.2 Å². The maximum Gasteiger partial charge on any atom is 0.264 e. The van der Waals surface area contributed by atoms with E-state index in [1.54, 1.807) is 41.3 Å². The first-order chi connectivity index (χ1) is 15.2. The van der Waals surface area contributed by atoms with Gasteiger partial charge in [-0.15, -0.1) is 6.58 Å². The minimum absolute atomic E-state index is 0.00162. The highest BCUT2D eigenvalue weighted by atomic mass is 35.5. The molecule has 0 aliphatic carbocycles. The Morgan fingerprint density at radius 2 is 1.88 bits per heavy atom. The lowest BCUT2D eigenvalue weighted by Gasteiger charge is -2.32. The summed E-state index contributed by atoms with van der Waals surface area (Å²) in [6, 6.07) is 12.7. The van der Waals surface area contributed by atoms with Crippen molar-refractivity contribution < 1.29 is 18.0 Å². The molecule has 9 heteroatoms. The monoisotopic (exact) mass is 475 g/mol. The summed E-state index contributed by atoms with van der Waals surface area (Å²) < 4.78 is 28.0. The average Bonchev–Trinajstić information content (AvgIpc) is 2.78. The number of halogens is 1. The van der Waals surface area contributed by atoms with Crippen LogP contribution in [0.25, 0.3) is 0 Å². The van der Waals surface area contributed by atoms with Gasteiger partial charge in [-0.1, -0.05) is 35.9 Å². The van der Waals surface area contributed by atoms with Crippen LogP contribution >= 0.6 is 11.6 Å². The summed E-state index contributed by atoms with van der Waals surface area (Å²) in [4.78, 5) is 25.9. The summed E-state index contributed by atoms with van der Waals surface area (Å²) in [7, 11) is -3.99. The first-order valence-corrected chi connectivity index (χ1v) is 12.1. The Morgan fingerprint density at radius 1 is 1.19 bits per heavy atom. The highest BCUT2D eigenvalue weighted by molar-refractivity contribution is 7.92. The number of likely N-dealkylation sites (tertiary alicyclic amines) is 1. The molecule has 2 amide bonds. The van der Waals surface area contributed by atoms with Crippen LogP contribution in [-0.2, 0) is 14.8 Å². The molecule has 1 heterocycles. The molecule has 1 aliphatic rings. The van der Waals surface area contributed by atoms with Gasteiger partial charge in [-0.3, -0.25) is 13.9 Å². The summed E-state index contributed by atoms with van der Waals surface area (Å²) in [6.07, 6.45) is 2.79. The quantitative estimate of drug-likeness (QED) is 0.621. The lowest BCUT2D eigenvalue weighted by molar-refractivity contribution is -0.119. The zero-order valence-electron chi connectivity index (χ0n) is 17.8. The second-order valence-corrected chi connectivity index (χ2v) is 9.84. The molecule has 2 aromatic rings. The fourth-order valence-corrected chi connectivity index (χ4v) is 5.50. The largest absolute Gasteiger partial charge is 0.353 e. The van der Waals surface area contributed by atoms with E-state index in [4.69, 9.17) is 11.6 Å². The fraction of sp³-hybridized carbons (Fsp3) is 0.304. The zero-order chi connectivity index (χ0) is 23.3. The maximum absolute atomic E-state index is 13.4. The number of carbonyl (C=O) groups is 2. The number of anilines is 1. The van der Waals surface area contributed by atoms with Gasteiger partial charge in [0, 0.05) is 31.6 Å². The molecule has 1 saturated heterocycles. The van der Waals surface area contributed by atoms with Crippen molar-refractivity contribution in [3.8, 4) is 0 Å². The van der Waals surface area contributed by atoms with Crippen LogP contribution in [0.4, 0.5) is 5.69 Å². The molecule has 170 valence electrons. The first-order valence-electron chi connectivity index (χ1n) is 10.3. The Kier molecular flexibility index (Phi) is 7.58. The number of para-hydroxylation sites is 1. The number of sulfonamides is 1. The van der Waals surface area contributed by atoms with Crippen molar-refractivity contribution in [2.24, 2.45) is 0 Å². The van der Waals surface area contributed by atoms with Gasteiger partial charge in [0.25, 0.3) is 15.9 Å². The summed E-state index contributed by atoms with van der Waals surface area (Å²) in [6.45, 7) is 6.14. The molecule has 0 aromatic heterocycles. The summed E-state index contributed by atoms with van der Waals surface area (Å²) >= 11 is 6.25. The van der Waals surface area contributed by atoms with Crippen LogP contribution in [0.5, 0.6) is 0 Å². The number of hydrogen-bond acceptors (Lipinski definition) is 4. The van der Waals surface area contributed by atoms with Crippen molar-refractivity contribution in [3.63, 3.8) is 0 Å². The Morgan fingerprint density at radius 3 is 2.50 bits per heavy atom. The van der Waals surface area contributed by atoms with Crippen LogP contribution < -0.4 is 9.62 Å². The molecule has 1 fully saturated rings. The molecule has 0 unspecified atom stereocenters. The normalized spacial score (nSPS) is 14.6.